The molecule has 0 radical (unpaired) electrons. The van der Waals surface area contributed by atoms with Crippen molar-refractivity contribution in [2.75, 3.05) is 26.2 Å². The molecule has 2 aromatic rings. The van der Waals surface area contributed by atoms with Gasteiger partial charge in [0.15, 0.2) is 0 Å². The molecule has 0 bridgehead atoms. The Morgan fingerprint density at radius 1 is 1.04 bits per heavy atom. The largest absolute Gasteiger partial charge is 0.396 e. The number of aliphatic hydroxyl groups is 1. The van der Waals surface area contributed by atoms with Crippen LogP contribution in [0.4, 0.5) is 0 Å². The Labute approximate surface area is 145 Å². The van der Waals surface area contributed by atoms with E-state index in [-0.39, 0.29) is 5.41 Å². The van der Waals surface area contributed by atoms with E-state index in [1.807, 2.05) is 23.1 Å². The van der Waals surface area contributed by atoms with Crippen LogP contribution in [0, 0.1) is 5.41 Å². The number of nitrogens with zero attached hydrogens (tertiary/aromatic N) is 3. The highest BCUT2D eigenvalue weighted by atomic mass is 16.3. The lowest BCUT2D eigenvalue weighted by Crippen LogP contribution is -2.42. The molecule has 1 aromatic carbocycles. The van der Waals surface area contributed by atoms with Gasteiger partial charge in [0.05, 0.1) is 0 Å². The van der Waals surface area contributed by atoms with Crippen LogP contribution >= 0.6 is 0 Å². The van der Waals surface area contributed by atoms with Gasteiger partial charge in [-0.05, 0) is 68.8 Å². The van der Waals surface area contributed by atoms with E-state index in [1.165, 1.54) is 5.56 Å². The zero-order valence-electron chi connectivity index (χ0n) is 14.5. The minimum atomic E-state index is 0.119. The Bertz CT molecular complexity index is 574. The number of hydrogen-bond acceptors (Lipinski definition) is 3. The number of aryl methyl sites for hydroxylation is 2. The zero-order chi connectivity index (χ0) is 16.7. The third-order valence-corrected chi connectivity index (χ3v) is 5.46. The van der Waals surface area contributed by atoms with Crippen molar-refractivity contribution in [1.29, 1.82) is 0 Å². The van der Waals surface area contributed by atoms with Crippen LogP contribution in [0.3, 0.4) is 0 Å². The summed E-state index contributed by atoms with van der Waals surface area (Å²) < 4.78 is 2.00. The van der Waals surface area contributed by atoms with Gasteiger partial charge in [-0.2, -0.15) is 5.10 Å². The Morgan fingerprint density at radius 2 is 1.83 bits per heavy atom. The van der Waals surface area contributed by atoms with Gasteiger partial charge in [-0.25, -0.2) is 0 Å². The molecule has 130 valence electrons. The van der Waals surface area contributed by atoms with Crippen LogP contribution in [0.15, 0.2) is 48.8 Å². The van der Waals surface area contributed by atoms with Crippen molar-refractivity contribution in [2.24, 2.45) is 5.41 Å². The maximum atomic E-state index is 9.98. The first kappa shape index (κ1) is 17.2. The summed E-state index contributed by atoms with van der Waals surface area (Å²) in [4.78, 5) is 2.54. The van der Waals surface area contributed by atoms with Crippen LogP contribution in [0.5, 0.6) is 0 Å². The average Bonchev–Trinajstić information content (AvgIpc) is 3.16. The quantitative estimate of drug-likeness (QED) is 0.810. The van der Waals surface area contributed by atoms with E-state index in [0.29, 0.717) is 6.61 Å². The van der Waals surface area contributed by atoms with Crippen molar-refractivity contribution in [1.82, 2.24) is 14.7 Å². The number of rotatable bonds is 8. The van der Waals surface area contributed by atoms with Crippen LogP contribution in [-0.4, -0.2) is 46.0 Å². The van der Waals surface area contributed by atoms with E-state index in [1.54, 1.807) is 0 Å². The summed E-state index contributed by atoms with van der Waals surface area (Å²) in [6.45, 7) is 4.65. The molecule has 0 amide bonds. The number of benzene rings is 1. The van der Waals surface area contributed by atoms with Crippen molar-refractivity contribution in [2.45, 2.75) is 38.6 Å². The fraction of sp³-hybridized carbons (Fsp3) is 0.550. The van der Waals surface area contributed by atoms with Crippen LogP contribution in [0.2, 0.25) is 0 Å². The third-order valence-electron chi connectivity index (χ3n) is 5.46. The molecule has 24 heavy (non-hydrogen) atoms. The molecular formula is C20H29N3O. The molecule has 0 saturated carbocycles. The molecule has 1 N–H and O–H groups in total. The second-order valence-corrected chi connectivity index (χ2v) is 7.11. The molecule has 0 unspecified atom stereocenters. The van der Waals surface area contributed by atoms with Gasteiger partial charge in [-0.1, -0.05) is 30.3 Å². The van der Waals surface area contributed by atoms with E-state index < -0.39 is 0 Å². The number of hydrogen-bond donors (Lipinski definition) is 1. The summed E-state index contributed by atoms with van der Waals surface area (Å²) in [5, 5.41) is 14.2. The molecular weight excluding hydrogens is 298 g/mol. The highest BCUT2D eigenvalue weighted by Crippen LogP contribution is 2.35. The van der Waals surface area contributed by atoms with Crippen LogP contribution < -0.4 is 0 Å². The second kappa shape index (κ2) is 8.45. The smallest absolute Gasteiger partial charge is 0.0489 e. The predicted octanol–water partition coefficient (Wildman–Crippen LogP) is 2.98. The Kier molecular flexibility index (Phi) is 6.05. The number of aromatic nitrogens is 2. The molecule has 0 spiro atoms. The molecule has 1 saturated heterocycles. The summed E-state index contributed by atoms with van der Waals surface area (Å²) in [5.74, 6) is 0. The number of aliphatic hydroxyl groups excluding tert-OH is 1. The molecule has 1 aromatic heterocycles. The van der Waals surface area contributed by atoms with Crippen molar-refractivity contribution in [3.63, 3.8) is 0 Å². The van der Waals surface area contributed by atoms with E-state index in [0.717, 1.165) is 58.3 Å². The van der Waals surface area contributed by atoms with Gasteiger partial charge in [-0.15, -0.1) is 0 Å². The topological polar surface area (TPSA) is 41.3 Å². The average molecular weight is 327 g/mol. The van der Waals surface area contributed by atoms with E-state index in [2.05, 4.69) is 40.3 Å². The Morgan fingerprint density at radius 3 is 2.50 bits per heavy atom. The normalized spacial score (nSPS) is 17.9. The fourth-order valence-electron chi connectivity index (χ4n) is 3.68. The molecule has 4 nitrogen and oxygen atoms in total. The van der Waals surface area contributed by atoms with Gasteiger partial charge in [0.1, 0.15) is 0 Å². The lowest BCUT2D eigenvalue weighted by molar-refractivity contribution is 0.0366. The van der Waals surface area contributed by atoms with Gasteiger partial charge in [0.2, 0.25) is 0 Å². The second-order valence-electron chi connectivity index (χ2n) is 7.11. The predicted molar refractivity (Wildman–Crippen MR) is 96.8 cm³/mol. The van der Waals surface area contributed by atoms with Crippen LogP contribution in [0.25, 0.3) is 0 Å². The standard InChI is InChI=1S/C20H29N3O/c24-18-20(9-8-19-6-2-1-3-7-19)10-16-22(17-11-20)13-5-15-23-14-4-12-21-23/h1-4,6-7,12,14,24H,5,8-11,13,15-18H2. The van der Waals surface area contributed by atoms with Crippen molar-refractivity contribution in [3.05, 3.63) is 54.4 Å². The molecule has 2 heterocycles. The minimum absolute atomic E-state index is 0.119. The summed E-state index contributed by atoms with van der Waals surface area (Å²) in [6, 6.07) is 12.6. The van der Waals surface area contributed by atoms with E-state index in [9.17, 15) is 5.11 Å². The summed E-state index contributed by atoms with van der Waals surface area (Å²) >= 11 is 0. The summed E-state index contributed by atoms with van der Waals surface area (Å²) in [5.41, 5.74) is 1.50. The van der Waals surface area contributed by atoms with Crippen molar-refractivity contribution >= 4 is 0 Å². The number of likely N-dealkylation sites (tertiary alicyclic amines) is 1. The van der Waals surface area contributed by atoms with Gasteiger partial charge in [0.25, 0.3) is 0 Å². The van der Waals surface area contributed by atoms with Crippen LogP contribution in [0.1, 0.15) is 31.2 Å². The lowest BCUT2D eigenvalue weighted by Gasteiger charge is -2.41. The molecule has 0 atom stereocenters. The SMILES string of the molecule is OCC1(CCc2ccccc2)CCN(CCCn2cccn2)CC1. The molecule has 3 rings (SSSR count). The van der Waals surface area contributed by atoms with Crippen LogP contribution in [-0.2, 0) is 13.0 Å². The monoisotopic (exact) mass is 327 g/mol. The lowest BCUT2D eigenvalue weighted by atomic mass is 9.75. The maximum absolute atomic E-state index is 9.98. The van der Waals surface area contributed by atoms with Gasteiger partial charge < -0.3 is 10.0 Å². The molecule has 1 fully saturated rings. The molecule has 4 heteroatoms. The first-order valence-electron chi connectivity index (χ1n) is 9.14. The minimum Gasteiger partial charge on any atom is -0.396 e. The highest BCUT2D eigenvalue weighted by molar-refractivity contribution is 5.15. The molecule has 1 aliphatic rings. The van der Waals surface area contributed by atoms with E-state index >= 15 is 0 Å². The summed E-state index contributed by atoms with van der Waals surface area (Å²) in [6.07, 6.45) is 9.38. The Hall–Kier alpha value is -1.65. The number of piperidine rings is 1. The fourth-order valence-corrected chi connectivity index (χ4v) is 3.68. The molecule has 1 aliphatic heterocycles. The molecule has 0 aliphatic carbocycles. The first-order chi connectivity index (χ1) is 11.8. The van der Waals surface area contributed by atoms with Crippen molar-refractivity contribution < 1.29 is 5.11 Å². The summed E-state index contributed by atoms with van der Waals surface area (Å²) in [7, 11) is 0. The van der Waals surface area contributed by atoms with Gasteiger partial charge in [0, 0.05) is 25.5 Å². The van der Waals surface area contributed by atoms with Crippen molar-refractivity contribution in [3.8, 4) is 0 Å². The van der Waals surface area contributed by atoms with Gasteiger partial charge >= 0.3 is 0 Å². The first-order valence-corrected chi connectivity index (χ1v) is 9.14. The zero-order valence-corrected chi connectivity index (χ0v) is 14.5. The maximum Gasteiger partial charge on any atom is 0.0489 e. The third kappa shape index (κ3) is 4.68. The Balaban J connectivity index is 1.41. The van der Waals surface area contributed by atoms with E-state index in [4.69, 9.17) is 0 Å². The highest BCUT2D eigenvalue weighted by Gasteiger charge is 2.33. The van der Waals surface area contributed by atoms with Gasteiger partial charge in [-0.3, -0.25) is 4.68 Å².